The highest BCUT2D eigenvalue weighted by Crippen LogP contribution is 2.53. The molecule has 1 unspecified atom stereocenters. The van der Waals surface area contributed by atoms with Crippen molar-refractivity contribution >= 4 is 33.7 Å². The summed E-state index contributed by atoms with van der Waals surface area (Å²) in [5.74, 6) is -1.76. The number of aliphatic carboxylic acids is 1. The molecular weight excluding hydrogens is 505 g/mol. The van der Waals surface area contributed by atoms with Crippen LogP contribution in [0, 0.1) is 5.82 Å². The lowest BCUT2D eigenvalue weighted by molar-refractivity contribution is -0.139. The smallest absolute Gasteiger partial charge is 0.408 e. The van der Waals surface area contributed by atoms with Crippen LogP contribution >= 0.6 is 11.3 Å². The van der Waals surface area contributed by atoms with Crippen LogP contribution in [0.15, 0.2) is 60.7 Å². The number of benzene rings is 2. The van der Waals surface area contributed by atoms with Gasteiger partial charge in [0.05, 0.1) is 5.69 Å². The van der Waals surface area contributed by atoms with Crippen molar-refractivity contribution in [1.29, 1.82) is 0 Å². The van der Waals surface area contributed by atoms with Crippen molar-refractivity contribution < 1.29 is 23.8 Å². The van der Waals surface area contributed by atoms with Crippen molar-refractivity contribution in [3.05, 3.63) is 83.3 Å². The molecule has 1 amide bonds. The Morgan fingerprint density at radius 1 is 1.11 bits per heavy atom. The Morgan fingerprint density at radius 2 is 1.84 bits per heavy atom. The van der Waals surface area contributed by atoms with Gasteiger partial charge in [-0.05, 0) is 69.0 Å². The van der Waals surface area contributed by atoms with Crippen LogP contribution in [0.1, 0.15) is 50.4 Å². The average molecular weight is 534 g/mol. The van der Waals surface area contributed by atoms with E-state index in [4.69, 9.17) is 9.72 Å². The fourth-order valence-corrected chi connectivity index (χ4v) is 5.48. The second-order valence-electron chi connectivity index (χ2n) is 10.5. The Kier molecular flexibility index (Phi) is 6.65. The van der Waals surface area contributed by atoms with Crippen LogP contribution in [0.5, 0.6) is 0 Å². The van der Waals surface area contributed by atoms with Crippen molar-refractivity contribution in [3.63, 3.8) is 0 Å². The van der Waals surface area contributed by atoms with Crippen molar-refractivity contribution in [2.45, 2.75) is 57.1 Å². The Hall–Kier alpha value is -3.85. The van der Waals surface area contributed by atoms with Crippen LogP contribution in [0.3, 0.4) is 0 Å². The average Bonchev–Trinajstić information content (AvgIpc) is 3.56. The van der Waals surface area contributed by atoms with E-state index in [0.717, 1.165) is 23.4 Å². The maximum absolute atomic E-state index is 15.2. The first-order valence-corrected chi connectivity index (χ1v) is 13.2. The van der Waals surface area contributed by atoms with Crippen molar-refractivity contribution in [1.82, 2.24) is 15.3 Å². The van der Waals surface area contributed by atoms with Gasteiger partial charge in [-0.25, -0.2) is 23.9 Å². The van der Waals surface area contributed by atoms with E-state index in [1.807, 2.05) is 30.3 Å². The number of fused-ring (bicyclic) bond motifs is 1. The molecule has 0 radical (unpaired) electrons. The first kappa shape index (κ1) is 25.8. The molecule has 0 saturated heterocycles. The third kappa shape index (κ3) is 5.38. The zero-order valence-corrected chi connectivity index (χ0v) is 22.1. The normalized spacial score (nSPS) is 15.2. The Morgan fingerprint density at radius 3 is 2.47 bits per heavy atom. The van der Waals surface area contributed by atoms with Crippen molar-refractivity contribution in [3.8, 4) is 10.6 Å². The number of nitrogens with zero attached hydrogens (tertiary/aromatic N) is 2. The number of carbonyl (C=O) groups excluding carboxylic acids is 1. The summed E-state index contributed by atoms with van der Waals surface area (Å²) in [4.78, 5) is 34.0. The highest BCUT2D eigenvalue weighted by molar-refractivity contribution is 7.21. The van der Waals surface area contributed by atoms with Gasteiger partial charge < -0.3 is 15.2 Å². The quantitative estimate of drug-likeness (QED) is 0.298. The van der Waals surface area contributed by atoms with Gasteiger partial charge in [-0.1, -0.05) is 47.7 Å². The van der Waals surface area contributed by atoms with E-state index >= 15 is 4.39 Å². The monoisotopic (exact) mass is 533 g/mol. The highest BCUT2D eigenvalue weighted by Gasteiger charge is 2.47. The van der Waals surface area contributed by atoms with Gasteiger partial charge in [0.25, 0.3) is 0 Å². The third-order valence-corrected chi connectivity index (χ3v) is 7.51. The number of carboxylic acid groups (broad SMARTS) is 1. The number of pyridine rings is 1. The standard InChI is InChI=1S/C29H28FN3O4S/c1-28(2,3)37-27(36)32-22(26(34)35)16-17-9-10-19(20(30)15-17)24-31-21-11-12-23(33-25(21)38-24)29(13-14-29)18-7-5-4-6-8-18/h4-12,15,22H,13-14,16H2,1-3H3,(H,32,36)(H,34,35). The highest BCUT2D eigenvalue weighted by atomic mass is 32.1. The van der Waals surface area contributed by atoms with Gasteiger partial charge in [0.1, 0.15) is 32.8 Å². The zero-order valence-electron chi connectivity index (χ0n) is 21.3. The molecule has 1 aliphatic carbocycles. The van der Waals surface area contributed by atoms with Gasteiger partial charge in [0.2, 0.25) is 0 Å². The third-order valence-electron chi connectivity index (χ3n) is 6.52. The molecule has 0 bridgehead atoms. The predicted molar refractivity (Wildman–Crippen MR) is 144 cm³/mol. The second-order valence-corrected chi connectivity index (χ2v) is 11.5. The van der Waals surface area contributed by atoms with Gasteiger partial charge >= 0.3 is 12.1 Å². The van der Waals surface area contributed by atoms with Crippen LogP contribution in [0.25, 0.3) is 20.9 Å². The minimum Gasteiger partial charge on any atom is -0.480 e. The molecular formula is C29H28FN3O4S. The van der Waals surface area contributed by atoms with E-state index in [1.54, 1.807) is 32.9 Å². The molecule has 196 valence electrons. The van der Waals surface area contributed by atoms with Crippen LogP contribution in [0.2, 0.25) is 0 Å². The number of alkyl carbamates (subject to hydrolysis) is 1. The number of aromatic nitrogens is 2. The predicted octanol–water partition coefficient (Wildman–Crippen LogP) is 6.10. The van der Waals surface area contributed by atoms with E-state index in [2.05, 4.69) is 22.4 Å². The molecule has 1 aliphatic rings. The maximum atomic E-state index is 15.2. The summed E-state index contributed by atoms with van der Waals surface area (Å²) >= 11 is 1.33. The molecule has 2 heterocycles. The minimum atomic E-state index is -1.26. The summed E-state index contributed by atoms with van der Waals surface area (Å²) < 4.78 is 20.3. The lowest BCUT2D eigenvalue weighted by Gasteiger charge is -2.22. The molecule has 7 nitrogen and oxygen atoms in total. The van der Waals surface area contributed by atoms with Gasteiger partial charge in [-0.2, -0.15) is 0 Å². The first-order valence-electron chi connectivity index (χ1n) is 12.4. The number of thiazole rings is 1. The number of hydrogen-bond donors (Lipinski definition) is 2. The summed E-state index contributed by atoms with van der Waals surface area (Å²) in [5.41, 5.74) is 2.85. The molecule has 1 fully saturated rings. The maximum Gasteiger partial charge on any atom is 0.408 e. The molecule has 2 N–H and O–H groups in total. The molecule has 0 aliphatic heterocycles. The molecule has 1 saturated carbocycles. The number of hydrogen-bond acceptors (Lipinski definition) is 6. The van der Waals surface area contributed by atoms with E-state index in [0.29, 0.717) is 21.7 Å². The molecule has 5 rings (SSSR count). The van der Waals surface area contributed by atoms with Crippen molar-refractivity contribution in [2.75, 3.05) is 0 Å². The fourth-order valence-electron chi connectivity index (χ4n) is 4.52. The summed E-state index contributed by atoms with van der Waals surface area (Å²) in [7, 11) is 0. The largest absolute Gasteiger partial charge is 0.480 e. The summed E-state index contributed by atoms with van der Waals surface area (Å²) in [5, 5.41) is 12.4. The van der Waals surface area contributed by atoms with E-state index in [1.165, 1.54) is 23.0 Å². The molecule has 38 heavy (non-hydrogen) atoms. The van der Waals surface area contributed by atoms with Crippen LogP contribution < -0.4 is 5.32 Å². The summed E-state index contributed by atoms with van der Waals surface area (Å²) in [6, 6.07) is 17.5. The number of carbonyl (C=O) groups is 2. The number of halogens is 1. The summed E-state index contributed by atoms with van der Waals surface area (Å²) in [6.45, 7) is 5.05. The molecule has 4 aromatic rings. The topological polar surface area (TPSA) is 101 Å². The Balaban J connectivity index is 1.36. The van der Waals surface area contributed by atoms with E-state index in [-0.39, 0.29) is 11.8 Å². The minimum absolute atomic E-state index is 0.0689. The number of nitrogens with one attached hydrogen (secondary N) is 1. The molecule has 2 aromatic carbocycles. The number of rotatable bonds is 7. The lowest BCUT2D eigenvalue weighted by Crippen LogP contribution is -2.44. The number of ether oxygens (including phenoxy) is 1. The van der Waals surface area contributed by atoms with Crippen LogP contribution in [0.4, 0.5) is 9.18 Å². The van der Waals surface area contributed by atoms with Gasteiger partial charge in [0.15, 0.2) is 0 Å². The first-order chi connectivity index (χ1) is 18.0. The van der Waals surface area contributed by atoms with Crippen LogP contribution in [-0.2, 0) is 21.4 Å². The molecule has 2 aromatic heterocycles. The lowest BCUT2D eigenvalue weighted by atomic mass is 9.92. The van der Waals surface area contributed by atoms with Gasteiger partial charge in [-0.15, -0.1) is 0 Å². The SMILES string of the molecule is CC(C)(C)OC(=O)NC(Cc1ccc(-c2nc3ccc(C4(c5ccccc5)CC4)nc3s2)c(F)c1)C(=O)O. The van der Waals surface area contributed by atoms with Crippen molar-refractivity contribution in [2.24, 2.45) is 0 Å². The van der Waals surface area contributed by atoms with Gasteiger partial charge in [-0.3, -0.25) is 0 Å². The Labute approximate surface area is 223 Å². The molecule has 9 heteroatoms. The Bertz CT molecular complexity index is 1510. The van der Waals surface area contributed by atoms with Gasteiger partial charge in [0, 0.05) is 17.4 Å². The zero-order chi connectivity index (χ0) is 27.1. The summed E-state index contributed by atoms with van der Waals surface area (Å²) in [6.07, 6.45) is 1.14. The molecule has 0 spiro atoms. The second kappa shape index (κ2) is 9.79. The van der Waals surface area contributed by atoms with E-state index < -0.39 is 29.5 Å². The van der Waals surface area contributed by atoms with Crippen LogP contribution in [-0.4, -0.2) is 38.8 Å². The number of amides is 1. The fraction of sp³-hybridized carbons (Fsp3) is 0.310. The molecule has 1 atom stereocenters. The van der Waals surface area contributed by atoms with E-state index in [9.17, 15) is 14.7 Å². The number of carboxylic acids is 1.